The Morgan fingerprint density at radius 2 is 1.82 bits per heavy atom. The van der Waals surface area contributed by atoms with Gasteiger partial charge in [-0.1, -0.05) is 38.8 Å². The number of rotatable bonds is 7. The summed E-state index contributed by atoms with van der Waals surface area (Å²) in [6.45, 7) is 4.71. The summed E-state index contributed by atoms with van der Waals surface area (Å²) in [5.41, 5.74) is 1.43. The molecule has 1 rings (SSSR count). The summed E-state index contributed by atoms with van der Waals surface area (Å²) < 4.78 is 1.27. The van der Waals surface area contributed by atoms with E-state index in [1.165, 1.54) is 22.0 Å². The van der Waals surface area contributed by atoms with E-state index in [0.717, 1.165) is 19.3 Å². The minimum absolute atomic E-state index is 0.0861. The maximum Gasteiger partial charge on any atom is 0.0490 e. The third-order valence-corrected chi connectivity index (χ3v) is 4.36. The van der Waals surface area contributed by atoms with Crippen LogP contribution < -0.4 is 0 Å². The molecule has 0 saturated heterocycles. The largest absolute Gasteiger partial charge is 0.396 e. The Balaban J connectivity index is 2.74. The summed E-state index contributed by atoms with van der Waals surface area (Å²) in [5.74, 6) is 0. The Morgan fingerprint density at radius 1 is 1.18 bits per heavy atom. The highest BCUT2D eigenvalue weighted by Gasteiger charge is 2.26. The van der Waals surface area contributed by atoms with E-state index in [0.29, 0.717) is 6.61 Å². The molecular weight excluding hydrogens is 323 g/mol. The Morgan fingerprint density at radius 3 is 2.29 bits per heavy atom. The van der Waals surface area contributed by atoms with Crippen molar-refractivity contribution in [3.05, 3.63) is 33.4 Å². The van der Waals surface area contributed by atoms with Crippen LogP contribution in [-0.2, 0) is 6.42 Å². The van der Waals surface area contributed by atoms with Crippen LogP contribution in [0.15, 0.2) is 24.3 Å². The lowest BCUT2D eigenvalue weighted by Gasteiger charge is -2.31. The molecule has 0 heterocycles. The molecule has 1 aromatic rings. The standard InChI is InChI=1S/C15H23IO/c1-3-5-10-15(4-2,12-17)11-13-6-8-14(16)9-7-13/h6-9,17H,3-5,10-12H2,1-2H3. The van der Waals surface area contributed by atoms with Crippen LogP contribution in [0.5, 0.6) is 0 Å². The van der Waals surface area contributed by atoms with Crippen LogP contribution in [-0.4, -0.2) is 11.7 Å². The van der Waals surface area contributed by atoms with Crippen LogP contribution in [0, 0.1) is 8.99 Å². The van der Waals surface area contributed by atoms with Crippen molar-refractivity contribution in [3.63, 3.8) is 0 Å². The van der Waals surface area contributed by atoms with E-state index in [1.54, 1.807) is 0 Å². The zero-order valence-electron chi connectivity index (χ0n) is 10.9. The summed E-state index contributed by atoms with van der Waals surface area (Å²) in [6.07, 6.45) is 5.59. The molecule has 1 aromatic carbocycles. The maximum atomic E-state index is 9.72. The molecule has 1 N–H and O–H groups in total. The van der Waals surface area contributed by atoms with Crippen LogP contribution in [0.4, 0.5) is 0 Å². The molecule has 17 heavy (non-hydrogen) atoms. The van der Waals surface area contributed by atoms with Crippen molar-refractivity contribution in [3.8, 4) is 0 Å². The Kier molecular flexibility index (Phi) is 6.49. The van der Waals surface area contributed by atoms with Crippen LogP contribution in [0.2, 0.25) is 0 Å². The number of unbranched alkanes of at least 4 members (excludes halogenated alkanes) is 1. The van der Waals surface area contributed by atoms with Crippen LogP contribution >= 0.6 is 22.6 Å². The van der Waals surface area contributed by atoms with Gasteiger partial charge in [-0.15, -0.1) is 0 Å². The van der Waals surface area contributed by atoms with Crippen molar-refractivity contribution >= 4 is 22.6 Å². The third-order valence-electron chi connectivity index (χ3n) is 3.64. The predicted molar refractivity (Wildman–Crippen MR) is 82.2 cm³/mol. The molecule has 0 radical (unpaired) electrons. The van der Waals surface area contributed by atoms with Gasteiger partial charge in [0.15, 0.2) is 0 Å². The SMILES string of the molecule is CCCCC(CC)(CO)Cc1ccc(I)cc1. The van der Waals surface area contributed by atoms with Gasteiger partial charge in [-0.2, -0.15) is 0 Å². The van der Waals surface area contributed by atoms with Gasteiger partial charge in [0.05, 0.1) is 0 Å². The quantitative estimate of drug-likeness (QED) is 0.725. The highest BCUT2D eigenvalue weighted by atomic mass is 127. The average Bonchev–Trinajstić information content (AvgIpc) is 2.37. The third kappa shape index (κ3) is 4.59. The minimum atomic E-state index is 0.0861. The smallest absolute Gasteiger partial charge is 0.0490 e. The molecule has 0 aliphatic heterocycles. The van der Waals surface area contributed by atoms with Gasteiger partial charge in [-0.05, 0) is 65.0 Å². The normalized spacial score (nSPS) is 14.6. The van der Waals surface area contributed by atoms with Gasteiger partial charge < -0.3 is 5.11 Å². The number of halogens is 1. The molecule has 0 aliphatic carbocycles. The van der Waals surface area contributed by atoms with Gasteiger partial charge in [0.2, 0.25) is 0 Å². The molecule has 96 valence electrons. The van der Waals surface area contributed by atoms with Gasteiger partial charge in [-0.3, -0.25) is 0 Å². The van der Waals surface area contributed by atoms with Crippen molar-refractivity contribution in [2.45, 2.75) is 46.0 Å². The summed E-state index contributed by atoms with van der Waals surface area (Å²) in [7, 11) is 0. The fraction of sp³-hybridized carbons (Fsp3) is 0.600. The number of aliphatic hydroxyl groups excluding tert-OH is 1. The lowest BCUT2D eigenvalue weighted by Crippen LogP contribution is -2.27. The molecule has 0 aromatic heterocycles. The van der Waals surface area contributed by atoms with E-state index < -0.39 is 0 Å². The monoisotopic (exact) mass is 346 g/mol. The summed E-state index contributed by atoms with van der Waals surface area (Å²) in [6, 6.07) is 8.67. The lowest BCUT2D eigenvalue weighted by atomic mass is 9.76. The van der Waals surface area contributed by atoms with Crippen LogP contribution in [0.3, 0.4) is 0 Å². The minimum Gasteiger partial charge on any atom is -0.396 e. The number of hydrogen-bond donors (Lipinski definition) is 1. The molecule has 0 saturated carbocycles. The van der Waals surface area contributed by atoms with Crippen molar-refractivity contribution in [2.75, 3.05) is 6.61 Å². The summed E-state index contributed by atoms with van der Waals surface area (Å²) >= 11 is 2.33. The van der Waals surface area contributed by atoms with Gasteiger partial charge in [0.25, 0.3) is 0 Å². The average molecular weight is 346 g/mol. The predicted octanol–water partition coefficient (Wildman–Crippen LogP) is 4.41. The molecule has 0 bridgehead atoms. The molecule has 1 atom stereocenters. The van der Waals surface area contributed by atoms with Crippen molar-refractivity contribution < 1.29 is 5.11 Å². The molecule has 2 heteroatoms. The molecule has 0 amide bonds. The van der Waals surface area contributed by atoms with Gasteiger partial charge in [0.1, 0.15) is 0 Å². The van der Waals surface area contributed by atoms with E-state index >= 15 is 0 Å². The molecule has 0 fully saturated rings. The lowest BCUT2D eigenvalue weighted by molar-refractivity contribution is 0.107. The second-order valence-corrected chi connectivity index (χ2v) is 6.16. The van der Waals surface area contributed by atoms with Crippen molar-refractivity contribution in [2.24, 2.45) is 5.41 Å². The number of aliphatic hydroxyl groups is 1. The zero-order chi connectivity index (χ0) is 12.7. The Labute approximate surface area is 119 Å². The first-order chi connectivity index (χ1) is 8.15. The first-order valence-electron chi connectivity index (χ1n) is 6.51. The van der Waals surface area contributed by atoms with Gasteiger partial charge >= 0.3 is 0 Å². The molecular formula is C15H23IO. The molecule has 1 nitrogen and oxygen atoms in total. The zero-order valence-corrected chi connectivity index (χ0v) is 13.0. The van der Waals surface area contributed by atoms with Gasteiger partial charge in [-0.25, -0.2) is 0 Å². The van der Waals surface area contributed by atoms with E-state index in [4.69, 9.17) is 0 Å². The fourth-order valence-electron chi connectivity index (χ4n) is 2.22. The fourth-order valence-corrected chi connectivity index (χ4v) is 2.58. The number of hydrogen-bond acceptors (Lipinski definition) is 1. The van der Waals surface area contributed by atoms with E-state index in [9.17, 15) is 5.11 Å². The van der Waals surface area contributed by atoms with Crippen LogP contribution in [0.1, 0.15) is 45.1 Å². The molecule has 0 aliphatic rings. The Bertz CT molecular complexity index is 314. The maximum absolute atomic E-state index is 9.72. The van der Waals surface area contributed by atoms with E-state index in [1.807, 2.05) is 0 Å². The second-order valence-electron chi connectivity index (χ2n) is 4.92. The van der Waals surface area contributed by atoms with E-state index in [2.05, 4.69) is 60.7 Å². The highest BCUT2D eigenvalue weighted by Crippen LogP contribution is 2.32. The molecule has 0 spiro atoms. The van der Waals surface area contributed by atoms with Crippen molar-refractivity contribution in [1.82, 2.24) is 0 Å². The topological polar surface area (TPSA) is 20.2 Å². The van der Waals surface area contributed by atoms with Gasteiger partial charge in [0, 0.05) is 10.2 Å². The van der Waals surface area contributed by atoms with E-state index in [-0.39, 0.29) is 5.41 Å². The summed E-state index contributed by atoms with van der Waals surface area (Å²) in [5, 5.41) is 9.72. The molecule has 1 unspecified atom stereocenters. The second kappa shape index (κ2) is 7.37. The van der Waals surface area contributed by atoms with Crippen molar-refractivity contribution in [1.29, 1.82) is 0 Å². The first kappa shape index (κ1) is 15.0. The van der Waals surface area contributed by atoms with Crippen LogP contribution in [0.25, 0.3) is 0 Å². The highest BCUT2D eigenvalue weighted by molar-refractivity contribution is 14.1. The number of benzene rings is 1. The first-order valence-corrected chi connectivity index (χ1v) is 7.59. The summed E-state index contributed by atoms with van der Waals surface area (Å²) in [4.78, 5) is 0. The Hall–Kier alpha value is -0.0900.